The molecule has 0 N–H and O–H groups in total. The van der Waals surface area contributed by atoms with Gasteiger partial charge in [-0.25, -0.2) is 9.97 Å². The second-order valence-corrected chi connectivity index (χ2v) is 8.91. The lowest BCUT2D eigenvalue weighted by molar-refractivity contribution is 0.792. The molecule has 0 aliphatic rings. The molecular formula is C32H20N6. The van der Waals surface area contributed by atoms with Crippen LogP contribution in [-0.4, -0.2) is 30.6 Å². The highest BCUT2D eigenvalue weighted by Gasteiger charge is 2.25. The normalized spacial score (nSPS) is 11.2. The zero-order valence-corrected chi connectivity index (χ0v) is 20.2. The van der Waals surface area contributed by atoms with E-state index >= 15 is 0 Å². The fraction of sp³-hybridized carbons (Fsp3) is 0. The van der Waals surface area contributed by atoms with Gasteiger partial charge in [0.25, 0.3) is 0 Å². The van der Waals surface area contributed by atoms with Crippen LogP contribution in [0.5, 0.6) is 0 Å². The van der Waals surface area contributed by atoms with E-state index in [-0.39, 0.29) is 0 Å². The smallest absolute Gasteiger partial charge is 0.206 e. The van der Waals surface area contributed by atoms with Gasteiger partial charge < -0.3 is 0 Å². The molecule has 6 nitrogen and oxygen atoms in total. The summed E-state index contributed by atoms with van der Waals surface area (Å²) >= 11 is 0. The van der Waals surface area contributed by atoms with Crippen LogP contribution in [0.1, 0.15) is 0 Å². The van der Waals surface area contributed by atoms with Crippen molar-refractivity contribution >= 4 is 22.2 Å². The molecule has 7 rings (SSSR count). The summed E-state index contributed by atoms with van der Waals surface area (Å²) in [6.45, 7) is 0. The summed E-state index contributed by atoms with van der Waals surface area (Å²) in [5.74, 6) is 0. The SMILES string of the molecule is c1ccc(-c2nc3nc4nnnnc4c(-c4ccccc4)c3c(-c3ccccc3)c2-c2ccccc2)cc1. The molecule has 0 bridgehead atoms. The van der Waals surface area contributed by atoms with Gasteiger partial charge in [0.2, 0.25) is 5.65 Å². The summed E-state index contributed by atoms with van der Waals surface area (Å²) in [5, 5.41) is 17.2. The van der Waals surface area contributed by atoms with Crippen molar-refractivity contribution in [2.45, 2.75) is 0 Å². The van der Waals surface area contributed by atoms with Crippen molar-refractivity contribution in [2.75, 3.05) is 0 Å². The van der Waals surface area contributed by atoms with E-state index < -0.39 is 0 Å². The Bertz CT molecular complexity index is 1890. The lowest BCUT2D eigenvalue weighted by Gasteiger charge is -2.20. The van der Waals surface area contributed by atoms with Crippen LogP contribution in [-0.2, 0) is 0 Å². The predicted octanol–water partition coefficient (Wildman–Crippen LogP) is 7.03. The highest BCUT2D eigenvalue weighted by atomic mass is 15.4. The van der Waals surface area contributed by atoms with Crippen LogP contribution in [0.25, 0.3) is 66.8 Å². The van der Waals surface area contributed by atoms with Crippen molar-refractivity contribution in [3.8, 4) is 44.6 Å². The maximum atomic E-state index is 5.22. The molecule has 38 heavy (non-hydrogen) atoms. The lowest BCUT2D eigenvalue weighted by atomic mass is 9.86. The molecule has 0 atom stereocenters. The average molecular weight is 489 g/mol. The summed E-state index contributed by atoms with van der Waals surface area (Å²) in [7, 11) is 0. The van der Waals surface area contributed by atoms with Gasteiger partial charge in [0, 0.05) is 27.6 Å². The van der Waals surface area contributed by atoms with Crippen LogP contribution in [0, 0.1) is 0 Å². The van der Waals surface area contributed by atoms with E-state index in [1.807, 2.05) is 48.5 Å². The van der Waals surface area contributed by atoms with Gasteiger partial charge in [-0.2, -0.15) is 0 Å². The summed E-state index contributed by atoms with van der Waals surface area (Å²) < 4.78 is 0. The Balaban J connectivity index is 1.77. The summed E-state index contributed by atoms with van der Waals surface area (Å²) in [4.78, 5) is 10.1. The van der Waals surface area contributed by atoms with Crippen molar-refractivity contribution in [3.05, 3.63) is 121 Å². The van der Waals surface area contributed by atoms with Crippen molar-refractivity contribution in [1.82, 2.24) is 30.6 Å². The van der Waals surface area contributed by atoms with E-state index in [1.165, 1.54) is 0 Å². The number of fused-ring (bicyclic) bond motifs is 2. The Labute approximate surface area is 218 Å². The van der Waals surface area contributed by atoms with Crippen LogP contribution in [0.15, 0.2) is 121 Å². The largest absolute Gasteiger partial charge is 0.227 e. The Morgan fingerprint density at radius 2 is 0.842 bits per heavy atom. The third kappa shape index (κ3) is 3.67. The number of benzene rings is 4. The van der Waals surface area contributed by atoms with Crippen molar-refractivity contribution in [1.29, 1.82) is 0 Å². The molecule has 0 fully saturated rings. The van der Waals surface area contributed by atoms with Crippen LogP contribution >= 0.6 is 0 Å². The first-order valence-electron chi connectivity index (χ1n) is 12.3. The predicted molar refractivity (Wildman–Crippen MR) is 150 cm³/mol. The van der Waals surface area contributed by atoms with Crippen LogP contribution in [0.4, 0.5) is 0 Å². The first-order chi connectivity index (χ1) is 18.9. The highest BCUT2D eigenvalue weighted by Crippen LogP contribution is 2.46. The molecule has 0 unspecified atom stereocenters. The molecule has 0 amide bonds. The van der Waals surface area contributed by atoms with E-state index in [1.54, 1.807) is 0 Å². The third-order valence-corrected chi connectivity index (χ3v) is 6.65. The third-order valence-electron chi connectivity index (χ3n) is 6.65. The summed E-state index contributed by atoms with van der Waals surface area (Å²) in [6.07, 6.45) is 0. The Morgan fingerprint density at radius 1 is 0.368 bits per heavy atom. The van der Waals surface area contributed by atoms with Crippen LogP contribution in [0.2, 0.25) is 0 Å². The first-order valence-corrected chi connectivity index (χ1v) is 12.3. The molecule has 4 aromatic carbocycles. The Morgan fingerprint density at radius 3 is 1.42 bits per heavy atom. The van der Waals surface area contributed by atoms with Crippen molar-refractivity contribution in [3.63, 3.8) is 0 Å². The van der Waals surface area contributed by atoms with E-state index in [0.29, 0.717) is 16.8 Å². The molecule has 0 aliphatic heterocycles. The van der Waals surface area contributed by atoms with Gasteiger partial charge in [-0.3, -0.25) is 0 Å². The average Bonchev–Trinajstić information content (AvgIpc) is 3.00. The van der Waals surface area contributed by atoms with E-state index in [2.05, 4.69) is 93.4 Å². The quantitative estimate of drug-likeness (QED) is 0.248. The Kier molecular flexibility index (Phi) is 5.33. The Hall–Kier alpha value is -5.36. The zero-order valence-electron chi connectivity index (χ0n) is 20.2. The number of aromatic nitrogens is 6. The van der Waals surface area contributed by atoms with E-state index in [0.717, 1.165) is 50.0 Å². The standard InChI is InChI=1S/C32H20N6/c1-5-13-21(14-6-1)25-26(22-15-7-2-8-16-22)29(24-19-11-4-12-20-24)33-31-28(25)27(23-17-9-3-10-18-23)30-32(34-31)36-38-37-35-30/h1-20H. The maximum Gasteiger partial charge on any atom is 0.206 e. The molecule has 0 saturated carbocycles. The van der Waals surface area contributed by atoms with Crippen molar-refractivity contribution < 1.29 is 0 Å². The van der Waals surface area contributed by atoms with Gasteiger partial charge in [0.15, 0.2) is 5.65 Å². The van der Waals surface area contributed by atoms with Crippen LogP contribution in [0.3, 0.4) is 0 Å². The summed E-state index contributed by atoms with van der Waals surface area (Å²) in [6, 6.07) is 41.2. The molecule has 178 valence electrons. The minimum Gasteiger partial charge on any atom is -0.227 e. The molecule has 0 saturated heterocycles. The maximum absolute atomic E-state index is 5.22. The lowest BCUT2D eigenvalue weighted by Crippen LogP contribution is -2.03. The van der Waals surface area contributed by atoms with Gasteiger partial charge in [-0.05, 0) is 27.1 Å². The van der Waals surface area contributed by atoms with Gasteiger partial charge in [-0.1, -0.05) is 121 Å². The molecule has 3 aromatic heterocycles. The molecular weight excluding hydrogens is 468 g/mol. The highest BCUT2D eigenvalue weighted by molar-refractivity contribution is 6.16. The second kappa shape index (κ2) is 9.26. The topological polar surface area (TPSA) is 77.3 Å². The number of hydrogen-bond donors (Lipinski definition) is 0. The molecule has 0 aliphatic carbocycles. The summed E-state index contributed by atoms with van der Waals surface area (Å²) in [5.41, 5.74) is 9.49. The number of pyridine rings is 2. The van der Waals surface area contributed by atoms with E-state index in [4.69, 9.17) is 9.97 Å². The monoisotopic (exact) mass is 488 g/mol. The molecule has 6 heteroatoms. The van der Waals surface area contributed by atoms with Gasteiger partial charge in [0.05, 0.1) is 5.69 Å². The number of nitrogens with zero attached hydrogens (tertiary/aromatic N) is 6. The zero-order chi connectivity index (χ0) is 25.3. The van der Waals surface area contributed by atoms with Crippen LogP contribution < -0.4 is 0 Å². The minimum absolute atomic E-state index is 0.407. The molecule has 7 aromatic rings. The van der Waals surface area contributed by atoms with E-state index in [9.17, 15) is 0 Å². The van der Waals surface area contributed by atoms with Gasteiger partial charge in [0.1, 0.15) is 5.52 Å². The molecule has 0 radical (unpaired) electrons. The first kappa shape index (κ1) is 21.9. The van der Waals surface area contributed by atoms with Gasteiger partial charge >= 0.3 is 0 Å². The number of hydrogen-bond acceptors (Lipinski definition) is 6. The fourth-order valence-electron chi connectivity index (χ4n) is 5.04. The second-order valence-electron chi connectivity index (χ2n) is 8.91. The van der Waals surface area contributed by atoms with Gasteiger partial charge in [-0.15, -0.1) is 10.2 Å². The minimum atomic E-state index is 0.407. The molecule has 3 heterocycles. The fourth-order valence-corrected chi connectivity index (χ4v) is 5.04. The number of rotatable bonds is 4. The van der Waals surface area contributed by atoms with Crippen molar-refractivity contribution in [2.24, 2.45) is 0 Å². The molecule has 0 spiro atoms.